The molecule has 1 aliphatic rings. The van der Waals surface area contributed by atoms with E-state index in [9.17, 15) is 0 Å². The van der Waals surface area contributed by atoms with Crippen LogP contribution in [0, 0.1) is 0 Å². The summed E-state index contributed by atoms with van der Waals surface area (Å²) in [5, 5.41) is 11.5. The average molecular weight is 247 g/mol. The number of rotatable bonds is 4. The molecule has 1 aliphatic carbocycles. The number of hydrogen-bond acceptors (Lipinski definition) is 5. The summed E-state index contributed by atoms with van der Waals surface area (Å²) in [6, 6.07) is 0.408. The first-order chi connectivity index (χ1) is 8.84. The van der Waals surface area contributed by atoms with Crippen molar-refractivity contribution >= 4 is 0 Å². The summed E-state index contributed by atoms with van der Waals surface area (Å²) in [5.74, 6) is 0.685. The van der Waals surface area contributed by atoms with Gasteiger partial charge in [0.1, 0.15) is 0 Å². The first-order valence-corrected chi connectivity index (χ1v) is 6.34. The highest BCUT2D eigenvalue weighted by molar-refractivity contribution is 5.24. The fraction of sp³-hybridized carbons (Fsp3) is 0.583. The summed E-state index contributed by atoms with van der Waals surface area (Å²) in [5.41, 5.74) is 2.70. The van der Waals surface area contributed by atoms with Gasteiger partial charge in [0.2, 0.25) is 5.89 Å². The van der Waals surface area contributed by atoms with Crippen LogP contribution in [0.5, 0.6) is 0 Å². The van der Waals surface area contributed by atoms with E-state index in [2.05, 4.69) is 20.6 Å². The van der Waals surface area contributed by atoms with E-state index in [0.717, 1.165) is 19.4 Å². The van der Waals surface area contributed by atoms with Crippen LogP contribution in [0.25, 0.3) is 0 Å². The second-order valence-electron chi connectivity index (χ2n) is 4.65. The molecule has 96 valence electrons. The number of fused-ring (bicyclic) bond motifs is 1. The molecular formula is C12H17N5O. The lowest BCUT2D eigenvalue weighted by atomic mass is 9.93. The van der Waals surface area contributed by atoms with E-state index >= 15 is 0 Å². The minimum Gasteiger partial charge on any atom is -0.340 e. The Kier molecular flexibility index (Phi) is 3.10. The number of aryl methyl sites for hydroxylation is 1. The SMILES string of the molecule is Cn1ncc2c1CCCC2NCCc1ncno1. The molecule has 0 aliphatic heterocycles. The van der Waals surface area contributed by atoms with Crippen molar-refractivity contribution in [1.29, 1.82) is 0 Å². The van der Waals surface area contributed by atoms with Crippen LogP contribution in [-0.2, 0) is 19.9 Å². The zero-order chi connectivity index (χ0) is 12.4. The van der Waals surface area contributed by atoms with E-state index < -0.39 is 0 Å². The van der Waals surface area contributed by atoms with E-state index in [1.165, 1.54) is 30.4 Å². The van der Waals surface area contributed by atoms with Crippen LogP contribution in [0.1, 0.15) is 36.0 Å². The Hall–Kier alpha value is -1.69. The number of hydrogen-bond donors (Lipinski definition) is 1. The van der Waals surface area contributed by atoms with Gasteiger partial charge in [-0.2, -0.15) is 10.1 Å². The van der Waals surface area contributed by atoms with Crippen LogP contribution >= 0.6 is 0 Å². The standard InChI is InChI=1S/C12H17N5O/c1-17-11-4-2-3-10(9(11)7-15-17)13-6-5-12-14-8-16-18-12/h7-8,10,13H,2-6H2,1H3. The van der Waals surface area contributed by atoms with Gasteiger partial charge in [-0.3, -0.25) is 4.68 Å². The molecule has 0 bridgehead atoms. The van der Waals surface area contributed by atoms with Crippen LogP contribution in [0.3, 0.4) is 0 Å². The molecule has 0 aromatic carbocycles. The zero-order valence-corrected chi connectivity index (χ0v) is 10.5. The normalized spacial score (nSPS) is 18.8. The lowest BCUT2D eigenvalue weighted by Gasteiger charge is -2.23. The van der Waals surface area contributed by atoms with Gasteiger partial charge in [-0.15, -0.1) is 0 Å². The molecule has 2 aromatic heterocycles. The van der Waals surface area contributed by atoms with E-state index in [1.54, 1.807) is 0 Å². The fourth-order valence-electron chi connectivity index (χ4n) is 2.58. The van der Waals surface area contributed by atoms with Crippen molar-refractivity contribution in [3.05, 3.63) is 29.7 Å². The predicted molar refractivity (Wildman–Crippen MR) is 64.9 cm³/mol. The minimum absolute atomic E-state index is 0.408. The van der Waals surface area contributed by atoms with E-state index in [-0.39, 0.29) is 0 Å². The van der Waals surface area contributed by atoms with Gasteiger partial charge in [-0.05, 0) is 19.3 Å². The molecule has 6 nitrogen and oxygen atoms in total. The van der Waals surface area contributed by atoms with Gasteiger partial charge in [0.25, 0.3) is 0 Å². The lowest BCUT2D eigenvalue weighted by Crippen LogP contribution is -2.27. The first-order valence-electron chi connectivity index (χ1n) is 6.34. The maximum atomic E-state index is 4.98. The second-order valence-corrected chi connectivity index (χ2v) is 4.65. The Morgan fingerprint density at radius 1 is 1.56 bits per heavy atom. The molecule has 18 heavy (non-hydrogen) atoms. The van der Waals surface area contributed by atoms with Gasteiger partial charge in [0, 0.05) is 37.3 Å². The Morgan fingerprint density at radius 3 is 3.33 bits per heavy atom. The van der Waals surface area contributed by atoms with Crippen LogP contribution in [0.15, 0.2) is 17.0 Å². The summed E-state index contributed by atoms with van der Waals surface area (Å²) in [7, 11) is 2.01. The summed E-state index contributed by atoms with van der Waals surface area (Å²) in [6.45, 7) is 0.848. The molecule has 1 unspecified atom stereocenters. The Morgan fingerprint density at radius 2 is 2.50 bits per heavy atom. The van der Waals surface area contributed by atoms with Crippen LogP contribution in [0.4, 0.5) is 0 Å². The van der Waals surface area contributed by atoms with Gasteiger partial charge >= 0.3 is 0 Å². The molecule has 2 heterocycles. The molecule has 3 rings (SSSR count). The van der Waals surface area contributed by atoms with Gasteiger partial charge in [-0.1, -0.05) is 5.16 Å². The third kappa shape index (κ3) is 2.15. The van der Waals surface area contributed by atoms with Gasteiger partial charge < -0.3 is 9.84 Å². The topological polar surface area (TPSA) is 68.8 Å². The number of aromatic nitrogens is 4. The molecule has 6 heteroatoms. The molecule has 1 atom stereocenters. The smallest absolute Gasteiger partial charge is 0.227 e. The monoisotopic (exact) mass is 247 g/mol. The molecule has 0 saturated carbocycles. The quantitative estimate of drug-likeness (QED) is 0.873. The Labute approximate surface area is 105 Å². The molecule has 1 N–H and O–H groups in total. The molecule has 0 amide bonds. The average Bonchev–Trinajstić information content (AvgIpc) is 3.01. The number of nitrogens with one attached hydrogen (secondary N) is 1. The summed E-state index contributed by atoms with van der Waals surface area (Å²) < 4.78 is 6.97. The molecule has 2 aromatic rings. The third-order valence-corrected chi connectivity index (χ3v) is 3.51. The second kappa shape index (κ2) is 4.89. The van der Waals surface area contributed by atoms with Crippen molar-refractivity contribution in [3.8, 4) is 0 Å². The molecule has 0 radical (unpaired) electrons. The molecule has 0 spiro atoms. The first kappa shape index (κ1) is 11.4. The van der Waals surface area contributed by atoms with Gasteiger partial charge in [0.15, 0.2) is 6.33 Å². The van der Waals surface area contributed by atoms with Crippen molar-refractivity contribution in [2.24, 2.45) is 7.05 Å². The van der Waals surface area contributed by atoms with E-state index in [0.29, 0.717) is 11.9 Å². The van der Waals surface area contributed by atoms with E-state index in [1.807, 2.05) is 17.9 Å². The lowest BCUT2D eigenvalue weighted by molar-refractivity contribution is 0.367. The third-order valence-electron chi connectivity index (χ3n) is 3.51. The minimum atomic E-state index is 0.408. The zero-order valence-electron chi connectivity index (χ0n) is 10.5. The molecular weight excluding hydrogens is 230 g/mol. The van der Waals surface area contributed by atoms with Crippen molar-refractivity contribution in [2.75, 3.05) is 6.54 Å². The van der Waals surface area contributed by atoms with E-state index in [4.69, 9.17) is 4.52 Å². The maximum absolute atomic E-state index is 4.98. The van der Waals surface area contributed by atoms with Gasteiger partial charge in [-0.25, -0.2) is 0 Å². The summed E-state index contributed by atoms with van der Waals surface area (Å²) in [6.07, 6.45) is 7.71. The summed E-state index contributed by atoms with van der Waals surface area (Å²) in [4.78, 5) is 4.01. The highest BCUT2D eigenvalue weighted by Crippen LogP contribution is 2.28. The largest absolute Gasteiger partial charge is 0.340 e. The van der Waals surface area contributed by atoms with Crippen LogP contribution < -0.4 is 5.32 Å². The van der Waals surface area contributed by atoms with Crippen LogP contribution in [0.2, 0.25) is 0 Å². The Bertz CT molecular complexity index is 505. The summed E-state index contributed by atoms with van der Waals surface area (Å²) >= 11 is 0. The molecule has 0 saturated heterocycles. The maximum Gasteiger partial charge on any atom is 0.227 e. The Balaban J connectivity index is 1.60. The van der Waals surface area contributed by atoms with Crippen molar-refractivity contribution in [3.63, 3.8) is 0 Å². The van der Waals surface area contributed by atoms with Crippen LogP contribution in [-0.4, -0.2) is 26.5 Å². The number of nitrogens with zero attached hydrogens (tertiary/aromatic N) is 4. The molecule has 0 fully saturated rings. The van der Waals surface area contributed by atoms with Crippen molar-refractivity contribution in [1.82, 2.24) is 25.2 Å². The highest BCUT2D eigenvalue weighted by atomic mass is 16.5. The fourth-order valence-corrected chi connectivity index (χ4v) is 2.58. The predicted octanol–water partition coefficient (Wildman–Crippen LogP) is 1.01. The highest BCUT2D eigenvalue weighted by Gasteiger charge is 2.22. The van der Waals surface area contributed by atoms with Gasteiger partial charge in [0.05, 0.1) is 6.20 Å². The van der Waals surface area contributed by atoms with Crippen molar-refractivity contribution < 1.29 is 4.52 Å². The van der Waals surface area contributed by atoms with Crippen molar-refractivity contribution in [2.45, 2.75) is 31.7 Å².